The molecule has 2 radical (unpaired) electrons. The van der Waals surface area contributed by atoms with Crippen molar-refractivity contribution in [3.8, 4) is 0 Å². The molecule has 3 aliphatic rings. The molecule has 232 valence electrons. The first-order valence-corrected chi connectivity index (χ1v) is 16.9. The summed E-state index contributed by atoms with van der Waals surface area (Å²) in [6.45, 7) is -5.58. The van der Waals surface area contributed by atoms with Crippen molar-refractivity contribution in [3.05, 3.63) is 25.3 Å². The van der Waals surface area contributed by atoms with Gasteiger partial charge in [0.1, 0.15) is 48.1 Å². The minimum atomic E-state index is -4.57. The van der Waals surface area contributed by atoms with Gasteiger partial charge in [-0.15, -0.1) is 0 Å². The number of rotatable bonds is 2. The fraction of sp³-hybridized carbons (Fsp3) is 0.500. The summed E-state index contributed by atoms with van der Waals surface area (Å²) in [7, 11) is 1.26. The molecule has 7 heterocycles. The number of aromatic nitrogens is 8. The lowest BCUT2D eigenvalue weighted by atomic mass is 10.1. The van der Waals surface area contributed by atoms with Crippen LogP contribution >= 0.6 is 14.2 Å². The molecule has 3 saturated heterocycles. The van der Waals surface area contributed by atoms with E-state index in [9.17, 15) is 9.46 Å². The number of nitrogen functional groups attached to an aromatic ring is 2. The van der Waals surface area contributed by atoms with Crippen LogP contribution in [0.5, 0.6) is 0 Å². The van der Waals surface area contributed by atoms with Crippen LogP contribution in [0.1, 0.15) is 12.5 Å². The Labute approximate surface area is 251 Å². The third kappa shape index (κ3) is 5.18. The molecule has 0 amide bonds. The van der Waals surface area contributed by atoms with Gasteiger partial charge in [-0.1, -0.05) is 0 Å². The highest BCUT2D eigenvalue weighted by Gasteiger charge is 2.53. The van der Waals surface area contributed by atoms with Gasteiger partial charge in [0.15, 0.2) is 47.7 Å². The van der Waals surface area contributed by atoms with Gasteiger partial charge in [-0.3, -0.25) is 18.2 Å². The number of halogens is 2. The fourth-order valence-corrected chi connectivity index (χ4v) is 7.64. The Hall–Kier alpha value is -2.78. The van der Waals surface area contributed by atoms with E-state index in [1.807, 2.05) is 0 Å². The van der Waals surface area contributed by atoms with Gasteiger partial charge in [-0.05, 0) is 11.8 Å². The Morgan fingerprint density at radius 3 is 1.84 bits per heavy atom. The second kappa shape index (κ2) is 10.9. The summed E-state index contributed by atoms with van der Waals surface area (Å²) in [5.41, 5.74) is 12.3. The number of nitrogens with two attached hydrogens (primary N) is 2. The molecular formula is C20H21BF2N10O8P2S. The Morgan fingerprint density at radius 1 is 0.841 bits per heavy atom. The van der Waals surface area contributed by atoms with E-state index in [0.717, 1.165) is 12.7 Å². The van der Waals surface area contributed by atoms with Crippen LogP contribution in [0.2, 0.25) is 0 Å². The van der Waals surface area contributed by atoms with E-state index < -0.39 is 76.6 Å². The van der Waals surface area contributed by atoms with Crippen molar-refractivity contribution >= 4 is 67.5 Å². The summed E-state index contributed by atoms with van der Waals surface area (Å²) in [6, 6.07) is 0. The number of nitrogens with zero attached hydrogens (tertiary/aromatic N) is 8. The molecule has 3 unspecified atom stereocenters. The van der Waals surface area contributed by atoms with Gasteiger partial charge in [-0.25, -0.2) is 38.7 Å². The van der Waals surface area contributed by atoms with Crippen LogP contribution in [0.4, 0.5) is 20.4 Å². The molecule has 7 rings (SSSR count). The average Bonchev–Trinajstić information content (AvgIpc) is 3.73. The van der Waals surface area contributed by atoms with Crippen LogP contribution in [0.25, 0.3) is 22.3 Å². The van der Waals surface area contributed by atoms with Gasteiger partial charge in [0.25, 0.3) is 7.47 Å². The number of hydrogen-bond acceptors (Lipinski definition) is 16. The van der Waals surface area contributed by atoms with Crippen molar-refractivity contribution in [2.45, 2.75) is 49.2 Å². The monoisotopic (exact) mass is 672 g/mol. The van der Waals surface area contributed by atoms with Gasteiger partial charge in [-0.2, -0.15) is 0 Å². The quantitative estimate of drug-likeness (QED) is 0.196. The Balaban J connectivity index is 1.17. The van der Waals surface area contributed by atoms with Gasteiger partial charge in [0, 0.05) is 0 Å². The maximum Gasteiger partial charge on any atom is 0.325 e. The van der Waals surface area contributed by atoms with Crippen LogP contribution in [-0.2, 0) is 43.9 Å². The van der Waals surface area contributed by atoms with Crippen molar-refractivity contribution in [1.82, 2.24) is 39.0 Å². The third-order valence-corrected chi connectivity index (χ3v) is 9.81. The van der Waals surface area contributed by atoms with Crippen molar-refractivity contribution in [2.75, 3.05) is 24.7 Å². The minimum Gasteiger partial charge on any atom is -0.382 e. The molecule has 0 saturated carbocycles. The first-order valence-electron chi connectivity index (χ1n) is 12.7. The molecule has 0 spiro atoms. The first kappa shape index (κ1) is 29.9. The van der Waals surface area contributed by atoms with Crippen molar-refractivity contribution < 1.29 is 45.8 Å². The second-order valence-corrected chi connectivity index (χ2v) is 14.3. The first-order chi connectivity index (χ1) is 20.9. The van der Waals surface area contributed by atoms with Gasteiger partial charge >= 0.3 is 6.72 Å². The summed E-state index contributed by atoms with van der Waals surface area (Å²) in [4.78, 5) is 34.9. The predicted molar refractivity (Wildman–Crippen MR) is 149 cm³/mol. The lowest BCUT2D eigenvalue weighted by Gasteiger charge is -2.29. The maximum atomic E-state index is 16.0. The Kier molecular flexibility index (Phi) is 7.43. The van der Waals surface area contributed by atoms with Crippen molar-refractivity contribution in [1.29, 1.82) is 0 Å². The van der Waals surface area contributed by atoms with Crippen molar-refractivity contribution in [2.24, 2.45) is 0 Å². The molecule has 0 aromatic carbocycles. The number of anilines is 2. The number of fused-ring (bicyclic) bond motifs is 4. The molecular weight excluding hydrogens is 651 g/mol. The zero-order valence-corrected chi connectivity index (χ0v) is 24.6. The number of alkyl halides is 2. The number of ether oxygens (including phenoxy) is 2. The zero-order valence-electron chi connectivity index (χ0n) is 22.0. The molecule has 10 atom stereocenters. The second-order valence-electron chi connectivity index (χ2n) is 9.92. The molecule has 0 aliphatic carbocycles. The average molecular weight is 672 g/mol. The SMILES string of the molecule is [B]P1(=O)OC[C@H]2O[C@@H](n3cnc4c(N)ncnc43)[C@H](F)[C@@H]2OP(O)(=S)OCC2O[C@@H](n3cnc4c(N)ncnc43)[C@H](F)[C@@H]2O1. The van der Waals surface area contributed by atoms with Crippen LogP contribution in [-0.4, -0.2) is 101 Å². The molecule has 3 fully saturated rings. The smallest absolute Gasteiger partial charge is 0.325 e. The van der Waals surface area contributed by atoms with Crippen LogP contribution < -0.4 is 11.5 Å². The topological polar surface area (TPSA) is 232 Å². The molecule has 5 N–H and O–H groups in total. The lowest BCUT2D eigenvalue weighted by molar-refractivity contribution is -0.0566. The molecule has 18 nitrogen and oxygen atoms in total. The minimum absolute atomic E-state index is 0.0472. The molecule has 4 aromatic rings. The normalized spacial score (nSPS) is 38.2. The van der Waals surface area contributed by atoms with Crippen LogP contribution in [0, 0.1) is 0 Å². The summed E-state index contributed by atoms with van der Waals surface area (Å²) < 4.78 is 81.0. The predicted octanol–water partition coefficient (Wildman–Crippen LogP) is 0.612. The summed E-state index contributed by atoms with van der Waals surface area (Å²) in [5.74, 6) is 0.0968. The number of hydrogen-bond donors (Lipinski definition) is 3. The molecule has 3 aliphatic heterocycles. The molecule has 0 bridgehead atoms. The summed E-state index contributed by atoms with van der Waals surface area (Å²) in [5, 5.41) is 0. The third-order valence-electron chi connectivity index (χ3n) is 7.20. The van der Waals surface area contributed by atoms with Gasteiger partial charge < -0.3 is 39.4 Å². The van der Waals surface area contributed by atoms with Crippen LogP contribution in [0.3, 0.4) is 0 Å². The Morgan fingerprint density at radius 2 is 1.32 bits per heavy atom. The van der Waals surface area contributed by atoms with Crippen molar-refractivity contribution in [3.63, 3.8) is 0 Å². The number of imidazole rings is 2. The lowest BCUT2D eigenvalue weighted by Crippen LogP contribution is -2.37. The Bertz CT molecular complexity index is 1710. The fourth-order valence-electron chi connectivity index (χ4n) is 5.20. The van der Waals surface area contributed by atoms with E-state index >= 15 is 8.78 Å². The largest absolute Gasteiger partial charge is 0.382 e. The molecule has 44 heavy (non-hydrogen) atoms. The van der Waals surface area contributed by atoms with Gasteiger partial charge in [0.05, 0.1) is 25.9 Å². The highest BCUT2D eigenvalue weighted by Crippen LogP contribution is 2.54. The zero-order chi connectivity index (χ0) is 31.0. The standard InChI is InChI=1S/C20H21BF2N10O8P2S/c21-42(34)36-1-7-14(10(23)20(38-7)33-6-31-12-16(25)27-4-29-18(12)33)41-43(35,44)37-2-8-13(40-42)9(22)19(39-8)32-5-30-11-15(24)26-3-28-17(11)32/h3-10,13-14,19-20H,1-2H2,(H,35,44)(H2,24,26,28)(H2,25,27,29)/t7-,8?,9-,10-,13-,14-,19-,20-,42?,43?/m1/s1. The summed E-state index contributed by atoms with van der Waals surface area (Å²) >= 11 is 5.14. The van der Waals surface area contributed by atoms with E-state index in [1.165, 1.54) is 21.8 Å². The van der Waals surface area contributed by atoms with E-state index in [2.05, 4.69) is 29.9 Å². The molecule has 4 aromatic heterocycles. The van der Waals surface area contributed by atoms with E-state index in [0.29, 0.717) is 0 Å². The van der Waals surface area contributed by atoms with Crippen LogP contribution in [0.15, 0.2) is 25.3 Å². The summed E-state index contributed by atoms with van der Waals surface area (Å²) in [6.07, 6.45) is -8.19. The molecule has 24 heteroatoms. The van der Waals surface area contributed by atoms with E-state index in [4.69, 9.17) is 58.4 Å². The van der Waals surface area contributed by atoms with E-state index in [1.54, 1.807) is 0 Å². The highest BCUT2D eigenvalue weighted by atomic mass is 32.5. The maximum absolute atomic E-state index is 16.0. The van der Waals surface area contributed by atoms with E-state index in [-0.39, 0.29) is 34.0 Å². The highest BCUT2D eigenvalue weighted by molar-refractivity contribution is 8.07. The van der Waals surface area contributed by atoms with Gasteiger partial charge in [0.2, 0.25) is 7.57 Å².